The van der Waals surface area contributed by atoms with Crippen molar-refractivity contribution < 1.29 is 23.1 Å². The van der Waals surface area contributed by atoms with Gasteiger partial charge in [-0.05, 0) is 38.7 Å². The molecule has 7 nitrogen and oxygen atoms in total. The van der Waals surface area contributed by atoms with Crippen LogP contribution in [0.15, 0.2) is 0 Å². The summed E-state index contributed by atoms with van der Waals surface area (Å²) in [6.07, 6.45) is 1.79. The number of aryl methyl sites for hydroxylation is 1. The molecule has 25 heavy (non-hydrogen) atoms. The highest BCUT2D eigenvalue weighted by atomic mass is 32.2. The Morgan fingerprint density at radius 2 is 2.04 bits per heavy atom. The van der Waals surface area contributed by atoms with E-state index in [1.54, 1.807) is 6.92 Å². The summed E-state index contributed by atoms with van der Waals surface area (Å²) < 4.78 is 25.4. The van der Waals surface area contributed by atoms with E-state index in [0.717, 1.165) is 10.4 Å². The molecule has 1 atom stereocenters. The number of aromatic carboxylic acids is 1. The molecule has 2 rings (SSSR count). The molecule has 2 heterocycles. The first-order valence-corrected chi connectivity index (χ1v) is 10.8. The lowest BCUT2D eigenvalue weighted by Gasteiger charge is -2.30. The number of nitrogens with zero attached hydrogens (tertiary/aromatic N) is 1. The Labute approximate surface area is 152 Å². The van der Waals surface area contributed by atoms with Gasteiger partial charge in [0.05, 0.1) is 17.2 Å². The van der Waals surface area contributed by atoms with Crippen molar-refractivity contribution in [2.75, 3.05) is 24.2 Å². The maximum Gasteiger partial charge on any atom is 0.339 e. The molecule has 1 aliphatic rings. The zero-order chi connectivity index (χ0) is 18.8. The molecule has 0 aliphatic carbocycles. The molecule has 140 valence electrons. The highest BCUT2D eigenvalue weighted by Gasteiger charge is 2.32. The SMILES string of the molecule is CCc1c(C)sc(NC(=O)C2CCCN(S(=O)(=O)CC)C2)c1C(=O)O. The summed E-state index contributed by atoms with van der Waals surface area (Å²) in [5.41, 5.74) is 0.874. The van der Waals surface area contributed by atoms with Gasteiger partial charge < -0.3 is 10.4 Å². The maximum absolute atomic E-state index is 12.6. The van der Waals surface area contributed by atoms with Crippen molar-refractivity contribution in [3.05, 3.63) is 16.0 Å². The molecule has 0 radical (unpaired) electrons. The second-order valence-corrected chi connectivity index (χ2v) is 9.57. The van der Waals surface area contributed by atoms with E-state index in [1.807, 2.05) is 13.8 Å². The van der Waals surface area contributed by atoms with Crippen LogP contribution in [0.4, 0.5) is 5.00 Å². The van der Waals surface area contributed by atoms with E-state index >= 15 is 0 Å². The molecule has 1 aromatic rings. The molecule has 0 saturated carbocycles. The number of amides is 1. The Hall–Kier alpha value is -1.45. The summed E-state index contributed by atoms with van der Waals surface area (Å²) in [6.45, 7) is 5.87. The van der Waals surface area contributed by atoms with Gasteiger partial charge in [0.1, 0.15) is 5.00 Å². The van der Waals surface area contributed by atoms with Gasteiger partial charge in [0.25, 0.3) is 0 Å². The minimum absolute atomic E-state index is 0.00841. The van der Waals surface area contributed by atoms with E-state index in [9.17, 15) is 23.1 Å². The van der Waals surface area contributed by atoms with Crippen LogP contribution in [0.2, 0.25) is 0 Å². The zero-order valence-corrected chi connectivity index (χ0v) is 16.3. The smallest absolute Gasteiger partial charge is 0.339 e. The van der Waals surface area contributed by atoms with E-state index in [0.29, 0.717) is 30.8 Å². The standard InChI is InChI=1S/C16H24N2O5S2/c1-4-12-10(3)24-15(13(12)16(20)21)17-14(19)11-7-6-8-18(9-11)25(22,23)5-2/h11H,4-9H2,1-3H3,(H,17,19)(H,20,21). The van der Waals surface area contributed by atoms with Crippen LogP contribution < -0.4 is 5.32 Å². The first kappa shape index (κ1) is 19.9. The fourth-order valence-corrected chi connectivity index (χ4v) is 5.44. The van der Waals surface area contributed by atoms with Crippen LogP contribution in [0.5, 0.6) is 0 Å². The Bertz CT molecular complexity index is 770. The van der Waals surface area contributed by atoms with Crippen molar-refractivity contribution in [2.24, 2.45) is 5.92 Å². The normalized spacial score (nSPS) is 18.9. The molecule has 9 heteroatoms. The lowest BCUT2D eigenvalue weighted by atomic mass is 9.98. The van der Waals surface area contributed by atoms with Crippen molar-refractivity contribution in [3.63, 3.8) is 0 Å². The molecule has 1 saturated heterocycles. The fourth-order valence-electron chi connectivity index (χ4n) is 3.12. The monoisotopic (exact) mass is 388 g/mol. The van der Waals surface area contributed by atoms with Crippen molar-refractivity contribution in [1.29, 1.82) is 0 Å². The predicted octanol–water partition coefficient (Wildman–Crippen LogP) is 2.32. The molecule has 1 aromatic heterocycles. The average Bonchev–Trinajstić information content (AvgIpc) is 2.90. The number of hydrogen-bond donors (Lipinski definition) is 2. The van der Waals surface area contributed by atoms with Crippen molar-refractivity contribution in [2.45, 2.75) is 40.0 Å². The van der Waals surface area contributed by atoms with Gasteiger partial charge in [0.2, 0.25) is 15.9 Å². The van der Waals surface area contributed by atoms with Crippen LogP contribution in [0.1, 0.15) is 47.5 Å². The third-order valence-electron chi connectivity index (χ3n) is 4.53. The van der Waals surface area contributed by atoms with E-state index < -0.39 is 21.9 Å². The Kier molecular flexibility index (Phi) is 6.23. The minimum Gasteiger partial charge on any atom is -0.478 e. The molecular weight excluding hydrogens is 364 g/mol. The Balaban J connectivity index is 2.19. The Morgan fingerprint density at radius 3 is 2.60 bits per heavy atom. The number of carbonyl (C=O) groups is 2. The number of thiophene rings is 1. The van der Waals surface area contributed by atoms with E-state index in [4.69, 9.17) is 0 Å². The summed E-state index contributed by atoms with van der Waals surface area (Å²) in [5, 5.41) is 12.5. The van der Waals surface area contributed by atoms with Gasteiger partial charge in [0, 0.05) is 18.0 Å². The van der Waals surface area contributed by atoms with Gasteiger partial charge >= 0.3 is 5.97 Å². The summed E-state index contributed by atoms with van der Waals surface area (Å²) in [7, 11) is -3.33. The van der Waals surface area contributed by atoms with Crippen LogP contribution >= 0.6 is 11.3 Å². The quantitative estimate of drug-likeness (QED) is 0.778. The predicted molar refractivity (Wildman–Crippen MR) is 97.8 cm³/mol. The third-order valence-corrected chi connectivity index (χ3v) is 7.44. The number of nitrogens with one attached hydrogen (secondary N) is 1. The van der Waals surface area contributed by atoms with Gasteiger partial charge in [-0.15, -0.1) is 11.3 Å². The summed E-state index contributed by atoms with van der Waals surface area (Å²) in [5.74, 6) is -1.84. The van der Waals surface area contributed by atoms with E-state index in [2.05, 4.69) is 5.32 Å². The van der Waals surface area contributed by atoms with Crippen molar-refractivity contribution >= 4 is 38.2 Å². The first-order chi connectivity index (χ1) is 11.7. The number of anilines is 1. The first-order valence-electron chi connectivity index (χ1n) is 8.35. The van der Waals surface area contributed by atoms with Crippen LogP contribution in [-0.2, 0) is 21.2 Å². The van der Waals surface area contributed by atoms with Crippen LogP contribution in [-0.4, -0.2) is 48.5 Å². The number of carboxylic acids is 1. The van der Waals surface area contributed by atoms with Gasteiger partial charge in [-0.25, -0.2) is 17.5 Å². The molecule has 0 spiro atoms. The average molecular weight is 389 g/mol. The number of piperidine rings is 1. The number of carbonyl (C=O) groups excluding carboxylic acids is 1. The molecule has 0 aromatic carbocycles. The Morgan fingerprint density at radius 1 is 1.36 bits per heavy atom. The van der Waals surface area contributed by atoms with Crippen LogP contribution in [0.3, 0.4) is 0 Å². The van der Waals surface area contributed by atoms with Gasteiger partial charge in [-0.3, -0.25) is 4.79 Å². The molecular formula is C16H24N2O5S2. The fraction of sp³-hybridized carbons (Fsp3) is 0.625. The van der Waals surface area contributed by atoms with E-state index in [1.165, 1.54) is 15.6 Å². The van der Waals surface area contributed by atoms with Crippen molar-refractivity contribution in [1.82, 2.24) is 4.31 Å². The number of rotatable bonds is 6. The largest absolute Gasteiger partial charge is 0.478 e. The van der Waals surface area contributed by atoms with Gasteiger partial charge in [-0.2, -0.15) is 0 Å². The highest BCUT2D eigenvalue weighted by molar-refractivity contribution is 7.89. The molecule has 2 N–H and O–H groups in total. The lowest BCUT2D eigenvalue weighted by molar-refractivity contribution is -0.120. The van der Waals surface area contributed by atoms with E-state index in [-0.39, 0.29) is 23.8 Å². The van der Waals surface area contributed by atoms with Crippen LogP contribution in [0.25, 0.3) is 0 Å². The van der Waals surface area contributed by atoms with Crippen LogP contribution in [0, 0.1) is 12.8 Å². The second-order valence-electron chi connectivity index (χ2n) is 6.09. The number of hydrogen-bond acceptors (Lipinski definition) is 5. The van der Waals surface area contributed by atoms with Crippen molar-refractivity contribution in [3.8, 4) is 0 Å². The second kappa shape index (κ2) is 7.84. The topological polar surface area (TPSA) is 104 Å². The lowest BCUT2D eigenvalue weighted by Crippen LogP contribution is -2.44. The third kappa shape index (κ3) is 4.21. The zero-order valence-electron chi connectivity index (χ0n) is 14.7. The minimum atomic E-state index is -3.33. The van der Waals surface area contributed by atoms with Gasteiger partial charge in [0.15, 0.2) is 0 Å². The highest BCUT2D eigenvalue weighted by Crippen LogP contribution is 2.34. The molecule has 1 fully saturated rings. The molecule has 0 bridgehead atoms. The van der Waals surface area contributed by atoms with Gasteiger partial charge in [-0.1, -0.05) is 6.92 Å². The maximum atomic E-state index is 12.6. The molecule has 1 amide bonds. The summed E-state index contributed by atoms with van der Waals surface area (Å²) in [6, 6.07) is 0. The summed E-state index contributed by atoms with van der Waals surface area (Å²) in [4.78, 5) is 25.0. The number of carboxylic acid groups (broad SMARTS) is 1. The number of sulfonamides is 1. The molecule has 1 aliphatic heterocycles. The summed E-state index contributed by atoms with van der Waals surface area (Å²) >= 11 is 1.25. The molecule has 1 unspecified atom stereocenters.